The number of primary amides is 1. The predicted molar refractivity (Wildman–Crippen MR) is 169 cm³/mol. The Morgan fingerprint density at radius 2 is 1.79 bits per heavy atom. The van der Waals surface area contributed by atoms with Crippen molar-refractivity contribution in [2.45, 2.75) is 105 Å². The molecule has 4 rings (SSSR count). The molecule has 5 nitrogen and oxygen atoms in total. The van der Waals surface area contributed by atoms with Gasteiger partial charge >= 0.3 is 0 Å². The van der Waals surface area contributed by atoms with Crippen molar-refractivity contribution in [1.82, 2.24) is 4.31 Å². The van der Waals surface area contributed by atoms with Crippen LogP contribution in [0.15, 0.2) is 51.4 Å². The Balaban J connectivity index is 0.000000379. The number of amides is 1. The lowest BCUT2D eigenvalue weighted by atomic mass is 9.67. The van der Waals surface area contributed by atoms with E-state index in [0.29, 0.717) is 9.89 Å². The number of sulfonamides is 1. The molecule has 0 spiro atoms. The SMILES string of the molecule is CC.CC.CCCCC1C2CC[C@H](C2)C1(C)C.CN(CC1=CCCC=C1)S(=O)(=O)c1cc(C(N)=O)ccc1Br. The van der Waals surface area contributed by atoms with E-state index in [4.69, 9.17) is 5.73 Å². The molecule has 0 aromatic heterocycles. The highest BCUT2D eigenvalue weighted by molar-refractivity contribution is 9.10. The fourth-order valence-corrected chi connectivity index (χ4v) is 8.25. The summed E-state index contributed by atoms with van der Waals surface area (Å²) in [5.74, 6) is 2.57. The zero-order valence-electron chi connectivity index (χ0n) is 25.6. The summed E-state index contributed by atoms with van der Waals surface area (Å²) in [5.41, 5.74) is 7.02. The fourth-order valence-electron chi connectivity index (χ4n) is 6.15. The Kier molecular flexibility index (Phi) is 15.3. The highest BCUT2D eigenvalue weighted by Crippen LogP contribution is 2.60. The van der Waals surface area contributed by atoms with Crippen molar-refractivity contribution in [2.24, 2.45) is 28.9 Å². The van der Waals surface area contributed by atoms with Gasteiger partial charge in [-0.05, 0) is 101 Å². The zero-order chi connectivity index (χ0) is 29.8. The number of nitrogens with zero attached hydrogens (tertiary/aromatic N) is 1. The van der Waals surface area contributed by atoms with Gasteiger partial charge < -0.3 is 5.73 Å². The third kappa shape index (κ3) is 9.29. The van der Waals surface area contributed by atoms with Crippen LogP contribution >= 0.6 is 15.9 Å². The molecule has 3 aliphatic rings. The van der Waals surface area contributed by atoms with E-state index >= 15 is 0 Å². The summed E-state index contributed by atoms with van der Waals surface area (Å²) in [6.45, 7) is 15.7. The van der Waals surface area contributed by atoms with Gasteiger partial charge in [-0.15, -0.1) is 0 Å². The smallest absolute Gasteiger partial charge is 0.248 e. The number of halogens is 1. The van der Waals surface area contributed by atoms with Crippen molar-refractivity contribution < 1.29 is 13.2 Å². The number of likely N-dealkylation sites (N-methyl/N-ethyl adjacent to an activating group) is 1. The van der Waals surface area contributed by atoms with Crippen LogP contribution in [0.1, 0.15) is 110 Å². The number of allylic oxidation sites excluding steroid dienone is 2. The molecule has 7 heteroatoms. The van der Waals surface area contributed by atoms with Crippen molar-refractivity contribution in [1.29, 1.82) is 0 Å². The average Bonchev–Trinajstić information content (AvgIpc) is 3.51. The number of rotatable bonds is 8. The van der Waals surface area contributed by atoms with Crippen LogP contribution < -0.4 is 5.73 Å². The number of unbranched alkanes of at least 4 members (excludes halogenated alkanes) is 1. The standard InChI is InChI=1S/C15H17BrN2O3S.C13H24.2C2H6/c1-18(10-11-5-3-2-4-6-11)22(20,21)14-9-12(15(17)19)7-8-13(14)16;1-4-5-6-12-10-7-8-11(9-10)13(12,2)3;2*1-2/h3,5-9H,2,4,10H2,1H3,(H2,17,19);10-12H,4-9H2,1-3H3;2*1-2H3/t;10?,11-,12?;;/m.1../s1. The number of nitrogens with two attached hydrogens (primary N) is 1. The van der Waals surface area contributed by atoms with Gasteiger partial charge in [-0.2, -0.15) is 4.31 Å². The Hall–Kier alpha value is -1.44. The normalized spacial score (nSPS) is 22.5. The minimum atomic E-state index is -3.72. The van der Waals surface area contributed by atoms with Gasteiger partial charge in [0.05, 0.1) is 4.90 Å². The quantitative estimate of drug-likeness (QED) is 0.314. The van der Waals surface area contributed by atoms with Crippen molar-refractivity contribution in [2.75, 3.05) is 13.6 Å². The van der Waals surface area contributed by atoms with E-state index in [9.17, 15) is 13.2 Å². The third-order valence-corrected chi connectivity index (χ3v) is 11.1. The Morgan fingerprint density at radius 3 is 2.31 bits per heavy atom. The maximum Gasteiger partial charge on any atom is 0.248 e. The van der Waals surface area contributed by atoms with E-state index in [1.54, 1.807) is 12.8 Å². The van der Waals surface area contributed by atoms with E-state index in [1.807, 2.05) is 45.9 Å². The highest BCUT2D eigenvalue weighted by atomic mass is 79.9. The lowest BCUT2D eigenvalue weighted by Crippen LogP contribution is -2.30. The predicted octanol–water partition coefficient (Wildman–Crippen LogP) is 8.75. The zero-order valence-corrected chi connectivity index (χ0v) is 28.0. The largest absolute Gasteiger partial charge is 0.366 e. The summed E-state index contributed by atoms with van der Waals surface area (Å²) in [6, 6.07) is 4.29. The molecule has 2 saturated carbocycles. The molecular formula is C32H53BrN2O3S. The topological polar surface area (TPSA) is 80.5 Å². The first-order chi connectivity index (χ1) is 18.5. The molecule has 0 saturated heterocycles. The molecule has 2 N–H and O–H groups in total. The summed E-state index contributed by atoms with van der Waals surface area (Å²) >= 11 is 3.22. The van der Waals surface area contributed by atoms with Gasteiger partial charge in [-0.3, -0.25) is 4.79 Å². The van der Waals surface area contributed by atoms with E-state index < -0.39 is 15.9 Å². The lowest BCUT2D eigenvalue weighted by Gasteiger charge is -2.38. The number of hydrogen-bond acceptors (Lipinski definition) is 3. The monoisotopic (exact) mass is 624 g/mol. The first-order valence-corrected chi connectivity index (χ1v) is 17.1. The molecule has 1 aromatic carbocycles. The summed E-state index contributed by atoms with van der Waals surface area (Å²) in [4.78, 5) is 11.3. The molecule has 2 fully saturated rings. The summed E-state index contributed by atoms with van der Waals surface area (Å²) < 4.78 is 27.1. The second-order valence-electron chi connectivity index (χ2n) is 10.9. The van der Waals surface area contributed by atoms with Gasteiger partial charge in [0.2, 0.25) is 15.9 Å². The van der Waals surface area contributed by atoms with E-state index in [0.717, 1.165) is 36.2 Å². The molecule has 3 atom stereocenters. The lowest BCUT2D eigenvalue weighted by molar-refractivity contribution is 0.1000. The number of carbonyl (C=O) groups is 1. The van der Waals surface area contributed by atoms with Crippen LogP contribution in [0.4, 0.5) is 0 Å². The van der Waals surface area contributed by atoms with Crippen molar-refractivity contribution in [3.05, 3.63) is 52.0 Å². The van der Waals surface area contributed by atoms with E-state index in [-0.39, 0.29) is 17.0 Å². The number of benzene rings is 1. The van der Waals surface area contributed by atoms with Crippen molar-refractivity contribution in [3.8, 4) is 0 Å². The van der Waals surface area contributed by atoms with Crippen molar-refractivity contribution >= 4 is 31.9 Å². The average molecular weight is 626 g/mol. The first kappa shape index (κ1) is 35.6. The van der Waals surface area contributed by atoms with Crippen LogP contribution in [0.5, 0.6) is 0 Å². The fraction of sp³-hybridized carbons (Fsp3) is 0.656. The van der Waals surface area contributed by atoms with Crippen molar-refractivity contribution in [3.63, 3.8) is 0 Å². The molecule has 1 amide bonds. The molecule has 0 radical (unpaired) electrons. The summed E-state index contributed by atoms with van der Waals surface area (Å²) in [6.07, 6.45) is 16.9. The first-order valence-electron chi connectivity index (χ1n) is 14.9. The van der Waals surface area contributed by atoms with Crippen LogP contribution in [-0.2, 0) is 10.0 Å². The highest BCUT2D eigenvalue weighted by Gasteiger charge is 2.51. The molecule has 3 aliphatic carbocycles. The number of hydrogen-bond donors (Lipinski definition) is 1. The number of carbonyl (C=O) groups excluding carboxylic acids is 1. The Labute approximate surface area is 247 Å². The number of fused-ring (bicyclic) bond motifs is 2. The van der Waals surface area contributed by atoms with Gasteiger partial charge in [0.1, 0.15) is 0 Å². The second-order valence-corrected chi connectivity index (χ2v) is 13.7. The molecule has 39 heavy (non-hydrogen) atoms. The van der Waals surface area contributed by atoms with Crippen LogP contribution in [0.2, 0.25) is 0 Å². The minimum absolute atomic E-state index is 0.0340. The molecule has 222 valence electrons. The van der Waals surface area contributed by atoms with Crippen LogP contribution in [0, 0.1) is 23.2 Å². The van der Waals surface area contributed by atoms with Crippen LogP contribution in [-0.4, -0.2) is 32.2 Å². The van der Waals surface area contributed by atoms with Gasteiger partial charge in [0.25, 0.3) is 0 Å². The summed E-state index contributed by atoms with van der Waals surface area (Å²) in [5, 5.41) is 0. The molecule has 0 aliphatic heterocycles. The van der Waals surface area contributed by atoms with Gasteiger partial charge in [-0.1, -0.05) is 79.5 Å². The Morgan fingerprint density at radius 1 is 1.13 bits per heavy atom. The summed E-state index contributed by atoms with van der Waals surface area (Å²) in [7, 11) is -2.21. The maximum atomic E-state index is 12.7. The van der Waals surface area contributed by atoms with Gasteiger partial charge in [0.15, 0.2) is 0 Å². The van der Waals surface area contributed by atoms with E-state index in [2.05, 4.69) is 36.7 Å². The molecule has 0 heterocycles. The molecular weight excluding hydrogens is 572 g/mol. The molecule has 1 aromatic rings. The second kappa shape index (κ2) is 16.7. The minimum Gasteiger partial charge on any atom is -0.366 e. The van der Waals surface area contributed by atoms with Crippen LogP contribution in [0.3, 0.4) is 0 Å². The Bertz CT molecular complexity index is 1080. The van der Waals surface area contributed by atoms with Gasteiger partial charge in [0, 0.05) is 23.6 Å². The third-order valence-electron chi connectivity index (χ3n) is 8.30. The maximum absolute atomic E-state index is 12.7. The van der Waals surface area contributed by atoms with Crippen LogP contribution in [0.25, 0.3) is 0 Å². The van der Waals surface area contributed by atoms with E-state index in [1.165, 1.54) is 55.2 Å². The molecule has 2 unspecified atom stereocenters. The molecule has 2 bridgehead atoms. The van der Waals surface area contributed by atoms with Gasteiger partial charge in [-0.25, -0.2) is 8.42 Å².